The van der Waals surface area contributed by atoms with Gasteiger partial charge in [-0.15, -0.1) is 0 Å². The van der Waals surface area contributed by atoms with E-state index in [0.717, 1.165) is 28.7 Å². The normalized spacial score (nSPS) is 11.2. The van der Waals surface area contributed by atoms with Crippen molar-refractivity contribution in [2.24, 2.45) is 5.10 Å². The van der Waals surface area contributed by atoms with Crippen molar-refractivity contribution >= 4 is 17.2 Å². The van der Waals surface area contributed by atoms with Crippen molar-refractivity contribution in [3.05, 3.63) is 68.8 Å². The molecule has 0 aliphatic heterocycles. The van der Waals surface area contributed by atoms with Gasteiger partial charge in [0.25, 0.3) is 5.56 Å². The molecule has 0 unspecified atom stereocenters. The van der Waals surface area contributed by atoms with Crippen LogP contribution < -0.4 is 5.56 Å². The van der Waals surface area contributed by atoms with Crippen LogP contribution in [0.3, 0.4) is 0 Å². The van der Waals surface area contributed by atoms with Gasteiger partial charge in [0.2, 0.25) is 0 Å². The minimum Gasteiger partial charge on any atom is -0.460 e. The number of benzene rings is 1. The zero-order valence-electron chi connectivity index (χ0n) is 13.8. The number of para-hydroxylation sites is 1. The van der Waals surface area contributed by atoms with Crippen molar-refractivity contribution in [2.75, 3.05) is 0 Å². The highest BCUT2D eigenvalue weighted by molar-refractivity contribution is 5.99. The average Bonchev–Trinajstić information content (AvgIpc) is 2.92. The Morgan fingerprint density at radius 3 is 2.79 bits per heavy atom. The van der Waals surface area contributed by atoms with E-state index in [0.29, 0.717) is 11.3 Å². The highest BCUT2D eigenvalue weighted by Crippen LogP contribution is 2.24. The number of nitriles is 1. The first-order valence-electron chi connectivity index (χ1n) is 7.75. The minimum atomic E-state index is -0.405. The zero-order chi connectivity index (χ0) is 17.3. The Kier molecular flexibility index (Phi) is 4.05. The monoisotopic (exact) mass is 319 g/mol. The predicted octanol–water partition coefficient (Wildman–Crippen LogP) is 3.53. The van der Waals surface area contributed by atoms with Crippen molar-refractivity contribution in [2.45, 2.75) is 27.2 Å². The SMILES string of the molecule is CCc1oc2ccccc2c1/C=N\n1c(C)cc(C)c(C#N)c1=O. The Morgan fingerprint density at radius 1 is 1.33 bits per heavy atom. The standard InChI is InChI=1S/C19H17N3O2/c1-4-17-16(14-7-5-6-8-18(14)24-17)11-21-22-13(3)9-12(2)15(10-20)19(22)23/h5-9,11H,4H2,1-3H3/b21-11-. The van der Waals surface area contributed by atoms with Gasteiger partial charge in [0, 0.05) is 23.1 Å². The fourth-order valence-corrected chi connectivity index (χ4v) is 2.80. The van der Waals surface area contributed by atoms with Crippen LogP contribution in [0.1, 0.15) is 35.1 Å². The third-order valence-electron chi connectivity index (χ3n) is 4.01. The Morgan fingerprint density at radius 2 is 2.08 bits per heavy atom. The lowest BCUT2D eigenvalue weighted by molar-refractivity contribution is 0.556. The van der Waals surface area contributed by atoms with E-state index >= 15 is 0 Å². The number of fused-ring (bicyclic) bond motifs is 1. The molecule has 0 N–H and O–H groups in total. The van der Waals surface area contributed by atoms with E-state index in [9.17, 15) is 4.79 Å². The van der Waals surface area contributed by atoms with Crippen LogP contribution in [0.4, 0.5) is 0 Å². The van der Waals surface area contributed by atoms with Crippen LogP contribution in [-0.4, -0.2) is 10.9 Å². The van der Waals surface area contributed by atoms with Gasteiger partial charge in [-0.05, 0) is 31.5 Å². The summed E-state index contributed by atoms with van der Waals surface area (Å²) in [7, 11) is 0. The molecule has 0 aliphatic carbocycles. The van der Waals surface area contributed by atoms with Gasteiger partial charge in [0.15, 0.2) is 0 Å². The number of hydrogen-bond donors (Lipinski definition) is 0. The maximum atomic E-state index is 12.4. The van der Waals surface area contributed by atoms with Gasteiger partial charge in [0.05, 0.1) is 6.21 Å². The summed E-state index contributed by atoms with van der Waals surface area (Å²) in [5, 5.41) is 14.4. The molecule has 1 aromatic carbocycles. The van der Waals surface area contributed by atoms with E-state index in [-0.39, 0.29) is 5.56 Å². The van der Waals surface area contributed by atoms with Crippen molar-refractivity contribution in [3.63, 3.8) is 0 Å². The smallest absolute Gasteiger partial charge is 0.289 e. The second kappa shape index (κ2) is 6.17. The average molecular weight is 319 g/mol. The molecule has 0 fully saturated rings. The fraction of sp³-hybridized carbons (Fsp3) is 0.211. The lowest BCUT2D eigenvalue weighted by Gasteiger charge is -2.06. The van der Waals surface area contributed by atoms with Crippen LogP contribution in [0.5, 0.6) is 0 Å². The van der Waals surface area contributed by atoms with E-state index in [2.05, 4.69) is 5.10 Å². The molecule has 2 heterocycles. The van der Waals surface area contributed by atoms with Crippen molar-refractivity contribution in [1.29, 1.82) is 5.26 Å². The highest BCUT2D eigenvalue weighted by atomic mass is 16.3. The minimum absolute atomic E-state index is 0.116. The van der Waals surface area contributed by atoms with Crippen LogP contribution >= 0.6 is 0 Å². The van der Waals surface area contributed by atoms with Gasteiger partial charge in [-0.1, -0.05) is 25.1 Å². The van der Waals surface area contributed by atoms with Crippen LogP contribution in [-0.2, 0) is 6.42 Å². The van der Waals surface area contributed by atoms with Crippen molar-refractivity contribution in [1.82, 2.24) is 4.68 Å². The first-order valence-corrected chi connectivity index (χ1v) is 7.75. The Bertz CT molecular complexity index is 1050. The molecule has 120 valence electrons. The zero-order valence-corrected chi connectivity index (χ0v) is 13.8. The van der Waals surface area contributed by atoms with E-state index in [1.807, 2.05) is 37.3 Å². The van der Waals surface area contributed by atoms with Crippen LogP contribution in [0.15, 0.2) is 44.6 Å². The second-order valence-electron chi connectivity index (χ2n) is 5.61. The molecule has 0 saturated heterocycles. The molecule has 3 aromatic rings. The lowest BCUT2D eigenvalue weighted by atomic mass is 10.1. The van der Waals surface area contributed by atoms with Crippen molar-refractivity contribution < 1.29 is 4.42 Å². The largest absolute Gasteiger partial charge is 0.460 e. The third-order valence-corrected chi connectivity index (χ3v) is 4.01. The van der Waals surface area contributed by atoms with E-state index < -0.39 is 5.56 Å². The molecule has 3 rings (SSSR count). The van der Waals surface area contributed by atoms with Crippen LogP contribution in [0.2, 0.25) is 0 Å². The molecule has 0 atom stereocenters. The summed E-state index contributed by atoms with van der Waals surface area (Å²) in [5.74, 6) is 0.818. The number of nitrogens with zero attached hydrogens (tertiary/aromatic N) is 3. The molecule has 0 spiro atoms. The van der Waals surface area contributed by atoms with Gasteiger partial charge in [-0.25, -0.2) is 4.68 Å². The summed E-state index contributed by atoms with van der Waals surface area (Å²) in [6.07, 6.45) is 2.36. The van der Waals surface area contributed by atoms with E-state index in [4.69, 9.17) is 9.68 Å². The van der Waals surface area contributed by atoms with Gasteiger partial charge in [-0.3, -0.25) is 4.79 Å². The summed E-state index contributed by atoms with van der Waals surface area (Å²) >= 11 is 0. The molecular weight excluding hydrogens is 302 g/mol. The molecular formula is C19H17N3O2. The van der Waals surface area contributed by atoms with Gasteiger partial charge < -0.3 is 4.42 Å². The Hall–Kier alpha value is -3.13. The molecule has 5 nitrogen and oxygen atoms in total. The number of aromatic nitrogens is 1. The Labute approximate surface area is 139 Å². The molecule has 0 saturated carbocycles. The predicted molar refractivity (Wildman–Crippen MR) is 93.5 cm³/mol. The first-order chi connectivity index (χ1) is 11.6. The van der Waals surface area contributed by atoms with Crippen molar-refractivity contribution in [3.8, 4) is 6.07 Å². The summed E-state index contributed by atoms with van der Waals surface area (Å²) in [5.41, 5.74) is 2.70. The number of hydrogen-bond acceptors (Lipinski definition) is 4. The lowest BCUT2D eigenvalue weighted by Crippen LogP contribution is -2.22. The molecule has 0 radical (unpaired) electrons. The number of pyridine rings is 1. The maximum absolute atomic E-state index is 12.4. The van der Waals surface area contributed by atoms with Crippen LogP contribution in [0, 0.1) is 25.2 Å². The number of aryl methyl sites for hydroxylation is 3. The van der Waals surface area contributed by atoms with Gasteiger partial charge in [0.1, 0.15) is 23.0 Å². The molecule has 0 bridgehead atoms. The summed E-state index contributed by atoms with van der Waals surface area (Å²) in [4.78, 5) is 12.4. The topological polar surface area (TPSA) is 71.3 Å². The maximum Gasteiger partial charge on any atom is 0.289 e. The summed E-state index contributed by atoms with van der Waals surface area (Å²) < 4.78 is 7.09. The quantitative estimate of drug-likeness (QED) is 0.693. The molecule has 24 heavy (non-hydrogen) atoms. The Balaban J connectivity index is 2.17. The van der Waals surface area contributed by atoms with E-state index in [1.165, 1.54) is 4.68 Å². The van der Waals surface area contributed by atoms with Gasteiger partial charge >= 0.3 is 0 Å². The second-order valence-corrected chi connectivity index (χ2v) is 5.61. The summed E-state index contributed by atoms with van der Waals surface area (Å²) in [6, 6.07) is 11.5. The summed E-state index contributed by atoms with van der Waals surface area (Å²) in [6.45, 7) is 5.55. The molecule has 0 aliphatic rings. The van der Waals surface area contributed by atoms with Crippen LogP contribution in [0.25, 0.3) is 11.0 Å². The molecule has 0 amide bonds. The fourth-order valence-electron chi connectivity index (χ4n) is 2.80. The number of rotatable bonds is 3. The first kappa shape index (κ1) is 15.8. The highest BCUT2D eigenvalue weighted by Gasteiger charge is 2.12. The number of furan rings is 1. The third kappa shape index (κ3) is 2.52. The van der Waals surface area contributed by atoms with E-state index in [1.54, 1.807) is 26.1 Å². The molecule has 5 heteroatoms. The van der Waals surface area contributed by atoms with Gasteiger partial charge in [-0.2, -0.15) is 10.4 Å². The molecule has 2 aromatic heterocycles.